The highest BCUT2D eigenvalue weighted by atomic mass is 79.9. The fourth-order valence-electron chi connectivity index (χ4n) is 2.47. The highest BCUT2D eigenvalue weighted by Gasteiger charge is 2.15. The van der Waals surface area contributed by atoms with Crippen LogP contribution in [0.4, 0.5) is 0 Å². The molecule has 1 atom stereocenters. The summed E-state index contributed by atoms with van der Waals surface area (Å²) in [6.07, 6.45) is 6.90. The summed E-state index contributed by atoms with van der Waals surface area (Å²) >= 11 is 3.47. The summed E-state index contributed by atoms with van der Waals surface area (Å²) in [5, 5.41) is 3.74. The maximum absolute atomic E-state index is 3.74. The zero-order valence-electron chi connectivity index (χ0n) is 9.88. The number of rotatable bonds is 3. The molecule has 0 amide bonds. The van der Waals surface area contributed by atoms with Crippen molar-refractivity contribution in [3.8, 4) is 0 Å². The SMILES string of the molecule is C[C@@H](NC1CCCCC1)c1ccc(Br)cc1. The average molecular weight is 282 g/mol. The lowest BCUT2D eigenvalue weighted by Crippen LogP contribution is -2.33. The molecule has 1 nitrogen and oxygen atoms in total. The van der Waals surface area contributed by atoms with E-state index < -0.39 is 0 Å². The van der Waals surface area contributed by atoms with E-state index in [0.29, 0.717) is 6.04 Å². The number of hydrogen-bond donors (Lipinski definition) is 1. The predicted octanol–water partition coefficient (Wildman–Crippen LogP) is 4.43. The van der Waals surface area contributed by atoms with Crippen LogP contribution >= 0.6 is 15.9 Å². The first-order chi connectivity index (χ1) is 7.75. The van der Waals surface area contributed by atoms with Crippen molar-refractivity contribution in [3.05, 3.63) is 34.3 Å². The molecule has 1 saturated carbocycles. The lowest BCUT2D eigenvalue weighted by molar-refractivity contribution is 0.347. The number of hydrogen-bond acceptors (Lipinski definition) is 1. The Bertz CT molecular complexity index is 314. The van der Waals surface area contributed by atoms with Crippen molar-refractivity contribution >= 4 is 15.9 Å². The Balaban J connectivity index is 1.91. The molecule has 0 aliphatic heterocycles. The molecule has 0 spiro atoms. The molecule has 1 fully saturated rings. The minimum absolute atomic E-state index is 0.469. The van der Waals surface area contributed by atoms with Crippen molar-refractivity contribution < 1.29 is 0 Å². The Morgan fingerprint density at radius 1 is 1.12 bits per heavy atom. The van der Waals surface area contributed by atoms with Gasteiger partial charge in [-0.05, 0) is 37.5 Å². The molecule has 0 unspecified atom stereocenters. The van der Waals surface area contributed by atoms with Crippen molar-refractivity contribution in [2.24, 2.45) is 0 Å². The maximum atomic E-state index is 3.74. The minimum Gasteiger partial charge on any atom is -0.307 e. The van der Waals surface area contributed by atoms with Gasteiger partial charge in [-0.1, -0.05) is 47.3 Å². The number of nitrogens with one attached hydrogen (secondary N) is 1. The van der Waals surface area contributed by atoms with Crippen molar-refractivity contribution in [2.75, 3.05) is 0 Å². The Labute approximate surface area is 107 Å². The number of benzene rings is 1. The first kappa shape index (κ1) is 12.1. The molecule has 0 radical (unpaired) electrons. The highest BCUT2D eigenvalue weighted by Crippen LogP contribution is 2.22. The monoisotopic (exact) mass is 281 g/mol. The summed E-state index contributed by atoms with van der Waals surface area (Å²) in [7, 11) is 0. The van der Waals surface area contributed by atoms with Gasteiger partial charge < -0.3 is 5.32 Å². The standard InChI is InChI=1S/C14H20BrN/c1-11(12-7-9-13(15)10-8-12)16-14-5-3-2-4-6-14/h7-11,14,16H,2-6H2,1H3/t11-/m1/s1. The maximum Gasteiger partial charge on any atom is 0.0294 e. The van der Waals surface area contributed by atoms with E-state index in [0.717, 1.165) is 10.5 Å². The normalized spacial score (nSPS) is 19.6. The van der Waals surface area contributed by atoms with Gasteiger partial charge in [-0.15, -0.1) is 0 Å². The fraction of sp³-hybridized carbons (Fsp3) is 0.571. The molecule has 1 aliphatic carbocycles. The fourth-order valence-corrected chi connectivity index (χ4v) is 2.73. The molecule has 0 aromatic heterocycles. The smallest absolute Gasteiger partial charge is 0.0294 e. The average Bonchev–Trinajstić information content (AvgIpc) is 2.31. The summed E-state index contributed by atoms with van der Waals surface area (Å²) in [5.41, 5.74) is 1.38. The number of halogens is 1. The van der Waals surface area contributed by atoms with E-state index >= 15 is 0 Å². The van der Waals surface area contributed by atoms with Gasteiger partial charge in [0.15, 0.2) is 0 Å². The summed E-state index contributed by atoms with van der Waals surface area (Å²) < 4.78 is 1.15. The van der Waals surface area contributed by atoms with Crippen LogP contribution in [0.1, 0.15) is 50.6 Å². The van der Waals surface area contributed by atoms with E-state index in [-0.39, 0.29) is 0 Å². The molecule has 2 rings (SSSR count). The third-order valence-electron chi connectivity index (χ3n) is 3.46. The molecule has 1 aromatic carbocycles. The Morgan fingerprint density at radius 3 is 2.38 bits per heavy atom. The molecular weight excluding hydrogens is 262 g/mol. The second kappa shape index (κ2) is 5.83. The lowest BCUT2D eigenvalue weighted by atomic mass is 9.94. The van der Waals surface area contributed by atoms with E-state index in [4.69, 9.17) is 0 Å². The van der Waals surface area contributed by atoms with Crippen molar-refractivity contribution in [3.63, 3.8) is 0 Å². The van der Waals surface area contributed by atoms with E-state index in [1.54, 1.807) is 0 Å². The van der Waals surface area contributed by atoms with Gasteiger partial charge in [0, 0.05) is 16.6 Å². The molecular formula is C14H20BrN. The molecule has 0 saturated heterocycles. The van der Waals surface area contributed by atoms with Crippen molar-refractivity contribution in [2.45, 2.75) is 51.1 Å². The van der Waals surface area contributed by atoms with Crippen LogP contribution in [-0.4, -0.2) is 6.04 Å². The van der Waals surface area contributed by atoms with Gasteiger partial charge >= 0.3 is 0 Å². The minimum atomic E-state index is 0.469. The zero-order chi connectivity index (χ0) is 11.4. The van der Waals surface area contributed by atoms with Gasteiger partial charge in [-0.3, -0.25) is 0 Å². The third kappa shape index (κ3) is 3.33. The van der Waals surface area contributed by atoms with Gasteiger partial charge in [-0.25, -0.2) is 0 Å². The van der Waals surface area contributed by atoms with Crippen LogP contribution in [0, 0.1) is 0 Å². The van der Waals surface area contributed by atoms with Gasteiger partial charge in [0.2, 0.25) is 0 Å². The first-order valence-electron chi connectivity index (χ1n) is 6.27. The highest BCUT2D eigenvalue weighted by molar-refractivity contribution is 9.10. The third-order valence-corrected chi connectivity index (χ3v) is 3.99. The van der Waals surface area contributed by atoms with Crippen LogP contribution in [0.25, 0.3) is 0 Å². The van der Waals surface area contributed by atoms with E-state index in [1.807, 2.05) is 0 Å². The second-order valence-electron chi connectivity index (χ2n) is 4.77. The topological polar surface area (TPSA) is 12.0 Å². The molecule has 16 heavy (non-hydrogen) atoms. The van der Waals surface area contributed by atoms with Crippen LogP contribution in [0.5, 0.6) is 0 Å². The summed E-state index contributed by atoms with van der Waals surface area (Å²) in [4.78, 5) is 0. The quantitative estimate of drug-likeness (QED) is 0.864. The van der Waals surface area contributed by atoms with Crippen molar-refractivity contribution in [1.29, 1.82) is 0 Å². The van der Waals surface area contributed by atoms with Crippen LogP contribution in [0.2, 0.25) is 0 Å². The Morgan fingerprint density at radius 2 is 1.75 bits per heavy atom. The van der Waals surface area contributed by atoms with E-state index in [9.17, 15) is 0 Å². The Kier molecular flexibility index (Phi) is 4.42. The van der Waals surface area contributed by atoms with Crippen LogP contribution in [0.15, 0.2) is 28.7 Å². The van der Waals surface area contributed by atoms with Gasteiger partial charge in [-0.2, -0.15) is 0 Å². The molecule has 2 heteroatoms. The van der Waals surface area contributed by atoms with Crippen LogP contribution in [0.3, 0.4) is 0 Å². The van der Waals surface area contributed by atoms with Crippen molar-refractivity contribution in [1.82, 2.24) is 5.32 Å². The molecule has 1 aromatic rings. The van der Waals surface area contributed by atoms with Crippen LogP contribution < -0.4 is 5.32 Å². The van der Waals surface area contributed by atoms with E-state index in [1.165, 1.54) is 37.7 Å². The van der Waals surface area contributed by atoms with E-state index in [2.05, 4.69) is 52.4 Å². The largest absolute Gasteiger partial charge is 0.307 e. The zero-order valence-corrected chi connectivity index (χ0v) is 11.5. The summed E-state index contributed by atoms with van der Waals surface area (Å²) in [5.74, 6) is 0. The molecule has 0 bridgehead atoms. The molecule has 0 heterocycles. The lowest BCUT2D eigenvalue weighted by Gasteiger charge is -2.26. The van der Waals surface area contributed by atoms with Crippen LogP contribution in [-0.2, 0) is 0 Å². The second-order valence-corrected chi connectivity index (χ2v) is 5.69. The predicted molar refractivity (Wildman–Crippen MR) is 72.6 cm³/mol. The first-order valence-corrected chi connectivity index (χ1v) is 7.06. The summed E-state index contributed by atoms with van der Waals surface area (Å²) in [6.45, 7) is 2.26. The van der Waals surface area contributed by atoms with Gasteiger partial charge in [0.1, 0.15) is 0 Å². The van der Waals surface area contributed by atoms with Gasteiger partial charge in [0.05, 0.1) is 0 Å². The van der Waals surface area contributed by atoms with Gasteiger partial charge in [0.25, 0.3) is 0 Å². The molecule has 1 N–H and O–H groups in total. The molecule has 1 aliphatic rings. The molecule has 88 valence electrons. The Hall–Kier alpha value is -0.340. The summed E-state index contributed by atoms with van der Waals surface area (Å²) in [6, 6.07) is 9.83.